The van der Waals surface area contributed by atoms with Crippen molar-refractivity contribution in [2.45, 2.75) is 32.9 Å². The average molecular weight is 251 g/mol. The SMILES string of the molecule is C[NH2+]Cc1ccc(OCC(=O)NC(C)(C)C)cc1. The Morgan fingerprint density at radius 3 is 2.39 bits per heavy atom. The highest BCUT2D eigenvalue weighted by Gasteiger charge is 2.13. The maximum absolute atomic E-state index is 11.6. The number of carbonyl (C=O) groups excluding carboxylic acids is 1. The number of carbonyl (C=O) groups is 1. The van der Waals surface area contributed by atoms with Gasteiger partial charge in [0.1, 0.15) is 12.3 Å². The molecular formula is C14H23N2O2+. The molecule has 0 bridgehead atoms. The Labute approximate surface area is 109 Å². The van der Waals surface area contributed by atoms with Gasteiger partial charge in [-0.3, -0.25) is 4.79 Å². The zero-order chi connectivity index (χ0) is 13.6. The molecule has 3 N–H and O–H groups in total. The fourth-order valence-electron chi connectivity index (χ4n) is 1.56. The molecule has 0 saturated carbocycles. The van der Waals surface area contributed by atoms with Gasteiger partial charge in [0.05, 0.1) is 7.05 Å². The van der Waals surface area contributed by atoms with Crippen LogP contribution in [0.4, 0.5) is 0 Å². The average Bonchev–Trinajstić information content (AvgIpc) is 2.26. The van der Waals surface area contributed by atoms with Crippen molar-refractivity contribution in [2.75, 3.05) is 13.7 Å². The van der Waals surface area contributed by atoms with Gasteiger partial charge >= 0.3 is 0 Å². The van der Waals surface area contributed by atoms with Crippen molar-refractivity contribution in [1.82, 2.24) is 5.32 Å². The van der Waals surface area contributed by atoms with Crippen LogP contribution >= 0.6 is 0 Å². The molecule has 0 fully saturated rings. The van der Waals surface area contributed by atoms with Gasteiger partial charge in [0.15, 0.2) is 6.61 Å². The molecule has 0 aliphatic heterocycles. The van der Waals surface area contributed by atoms with E-state index in [9.17, 15) is 4.79 Å². The lowest BCUT2D eigenvalue weighted by Gasteiger charge is -2.20. The minimum absolute atomic E-state index is 0.0521. The molecule has 100 valence electrons. The number of hydrogen-bond donors (Lipinski definition) is 2. The molecule has 0 spiro atoms. The zero-order valence-electron chi connectivity index (χ0n) is 11.6. The van der Waals surface area contributed by atoms with Crippen LogP contribution in [0.15, 0.2) is 24.3 Å². The van der Waals surface area contributed by atoms with Gasteiger partial charge in [-0.2, -0.15) is 0 Å². The van der Waals surface area contributed by atoms with Crippen LogP contribution in [0.2, 0.25) is 0 Å². The summed E-state index contributed by atoms with van der Waals surface area (Å²) >= 11 is 0. The molecule has 1 aromatic carbocycles. The van der Waals surface area contributed by atoms with E-state index in [-0.39, 0.29) is 18.1 Å². The van der Waals surface area contributed by atoms with E-state index < -0.39 is 0 Å². The van der Waals surface area contributed by atoms with Crippen LogP contribution in [0.1, 0.15) is 26.3 Å². The summed E-state index contributed by atoms with van der Waals surface area (Å²) < 4.78 is 5.42. The Morgan fingerprint density at radius 1 is 1.28 bits per heavy atom. The largest absolute Gasteiger partial charge is 0.484 e. The summed E-state index contributed by atoms with van der Waals surface area (Å²) in [6.45, 7) is 6.84. The summed E-state index contributed by atoms with van der Waals surface area (Å²) in [5.41, 5.74) is 1.02. The van der Waals surface area contributed by atoms with E-state index in [0.29, 0.717) is 0 Å². The number of nitrogens with two attached hydrogens (primary N) is 1. The third kappa shape index (κ3) is 5.68. The third-order valence-electron chi connectivity index (χ3n) is 2.25. The number of benzene rings is 1. The predicted octanol–water partition coefficient (Wildman–Crippen LogP) is 0.673. The molecule has 1 amide bonds. The Kier molecular flexibility index (Phi) is 5.16. The van der Waals surface area contributed by atoms with Gasteiger partial charge in [0.2, 0.25) is 0 Å². The molecule has 4 nitrogen and oxygen atoms in total. The normalized spacial score (nSPS) is 11.1. The molecule has 0 saturated heterocycles. The van der Waals surface area contributed by atoms with Crippen LogP contribution in [-0.2, 0) is 11.3 Å². The lowest BCUT2D eigenvalue weighted by Crippen LogP contribution is -2.77. The van der Waals surface area contributed by atoms with Crippen molar-refractivity contribution in [1.29, 1.82) is 0 Å². The molecule has 1 aromatic rings. The smallest absolute Gasteiger partial charge is 0.258 e. The van der Waals surface area contributed by atoms with Gasteiger partial charge in [-0.05, 0) is 45.0 Å². The van der Waals surface area contributed by atoms with Gasteiger partial charge in [0, 0.05) is 11.1 Å². The lowest BCUT2D eigenvalue weighted by molar-refractivity contribution is -0.643. The summed E-state index contributed by atoms with van der Waals surface area (Å²) in [4.78, 5) is 11.6. The molecule has 1 rings (SSSR count). The first-order chi connectivity index (χ1) is 8.40. The molecular weight excluding hydrogens is 228 g/mol. The number of hydrogen-bond acceptors (Lipinski definition) is 2. The predicted molar refractivity (Wildman–Crippen MR) is 71.4 cm³/mol. The second-order valence-electron chi connectivity index (χ2n) is 5.34. The number of nitrogens with one attached hydrogen (secondary N) is 1. The van der Waals surface area contributed by atoms with Crippen molar-refractivity contribution in [3.63, 3.8) is 0 Å². The highest BCUT2D eigenvalue weighted by molar-refractivity contribution is 5.78. The van der Waals surface area contributed by atoms with E-state index in [1.165, 1.54) is 5.56 Å². The summed E-state index contributed by atoms with van der Waals surface area (Å²) in [6, 6.07) is 7.81. The number of quaternary nitrogens is 1. The van der Waals surface area contributed by atoms with Crippen LogP contribution < -0.4 is 15.4 Å². The molecule has 0 unspecified atom stereocenters. The molecule has 0 atom stereocenters. The quantitative estimate of drug-likeness (QED) is 0.808. The number of ether oxygens (including phenoxy) is 1. The van der Waals surface area contributed by atoms with Gasteiger partial charge < -0.3 is 15.4 Å². The van der Waals surface area contributed by atoms with E-state index in [4.69, 9.17) is 4.74 Å². The van der Waals surface area contributed by atoms with Crippen LogP contribution in [0.5, 0.6) is 5.75 Å². The van der Waals surface area contributed by atoms with Crippen LogP contribution in [0.25, 0.3) is 0 Å². The summed E-state index contributed by atoms with van der Waals surface area (Å²) in [5.74, 6) is 0.618. The highest BCUT2D eigenvalue weighted by Crippen LogP contribution is 2.11. The first kappa shape index (κ1) is 14.5. The van der Waals surface area contributed by atoms with Gasteiger partial charge in [-0.25, -0.2) is 0 Å². The van der Waals surface area contributed by atoms with Crippen molar-refractivity contribution in [3.8, 4) is 5.75 Å². The second-order valence-corrected chi connectivity index (χ2v) is 5.34. The Hall–Kier alpha value is -1.55. The Bertz CT molecular complexity index is 380. The lowest BCUT2D eigenvalue weighted by atomic mass is 10.1. The third-order valence-corrected chi connectivity index (χ3v) is 2.25. The molecule has 4 heteroatoms. The molecule has 0 aliphatic rings. The maximum Gasteiger partial charge on any atom is 0.258 e. The minimum Gasteiger partial charge on any atom is -0.484 e. The van der Waals surface area contributed by atoms with Crippen LogP contribution in [0, 0.1) is 0 Å². The summed E-state index contributed by atoms with van der Waals surface area (Å²) in [6.07, 6.45) is 0. The van der Waals surface area contributed by atoms with E-state index in [1.54, 1.807) is 0 Å². The summed E-state index contributed by atoms with van der Waals surface area (Å²) in [5, 5.41) is 4.96. The molecule has 18 heavy (non-hydrogen) atoms. The van der Waals surface area contributed by atoms with Gasteiger partial charge in [-0.1, -0.05) is 0 Å². The molecule has 0 aliphatic carbocycles. The Balaban J connectivity index is 2.41. The monoisotopic (exact) mass is 251 g/mol. The molecule has 0 radical (unpaired) electrons. The maximum atomic E-state index is 11.6. The van der Waals surface area contributed by atoms with E-state index in [1.807, 2.05) is 52.1 Å². The molecule has 0 aromatic heterocycles. The second kappa shape index (κ2) is 6.40. The van der Waals surface area contributed by atoms with E-state index >= 15 is 0 Å². The van der Waals surface area contributed by atoms with E-state index in [0.717, 1.165) is 12.3 Å². The fourth-order valence-corrected chi connectivity index (χ4v) is 1.56. The van der Waals surface area contributed by atoms with Gasteiger partial charge in [0.25, 0.3) is 5.91 Å². The zero-order valence-corrected chi connectivity index (χ0v) is 11.6. The first-order valence-corrected chi connectivity index (χ1v) is 6.21. The van der Waals surface area contributed by atoms with Crippen molar-refractivity contribution < 1.29 is 14.8 Å². The standard InChI is InChI=1S/C14H22N2O2/c1-14(2,3)16-13(17)10-18-12-7-5-11(6-8-12)9-15-4/h5-8,15H,9-10H2,1-4H3,(H,16,17)/p+1. The number of amides is 1. The fraction of sp³-hybridized carbons (Fsp3) is 0.500. The van der Waals surface area contributed by atoms with Crippen LogP contribution in [0.3, 0.4) is 0 Å². The van der Waals surface area contributed by atoms with E-state index in [2.05, 4.69) is 10.6 Å². The van der Waals surface area contributed by atoms with Crippen molar-refractivity contribution in [2.24, 2.45) is 0 Å². The topological polar surface area (TPSA) is 54.9 Å². The van der Waals surface area contributed by atoms with Crippen LogP contribution in [-0.4, -0.2) is 25.1 Å². The number of rotatable bonds is 5. The van der Waals surface area contributed by atoms with Crippen molar-refractivity contribution in [3.05, 3.63) is 29.8 Å². The Morgan fingerprint density at radius 2 is 1.89 bits per heavy atom. The van der Waals surface area contributed by atoms with Crippen molar-refractivity contribution >= 4 is 5.91 Å². The minimum atomic E-state index is -0.221. The van der Waals surface area contributed by atoms with Gasteiger partial charge in [-0.15, -0.1) is 0 Å². The molecule has 0 heterocycles. The highest BCUT2D eigenvalue weighted by atomic mass is 16.5. The first-order valence-electron chi connectivity index (χ1n) is 6.21. The summed E-state index contributed by atoms with van der Waals surface area (Å²) in [7, 11) is 2.03.